The Hall–Kier alpha value is -2.29. The standard InChI is InChI=1S/C20H24O3/c1-14(2)11-16-7-5-8-17(12-16)15(3)23-19-10-6-9-18(13-19)20(21)22-4/h5-10,12-15H,11H2,1-4H3. The van der Waals surface area contributed by atoms with E-state index in [0.717, 1.165) is 12.0 Å². The number of carbonyl (C=O) groups is 1. The van der Waals surface area contributed by atoms with Gasteiger partial charge in [-0.05, 0) is 48.6 Å². The number of ether oxygens (including phenoxy) is 2. The molecular weight excluding hydrogens is 288 g/mol. The quantitative estimate of drug-likeness (QED) is 0.718. The number of esters is 1. The second-order valence-electron chi connectivity index (χ2n) is 6.12. The van der Waals surface area contributed by atoms with E-state index in [9.17, 15) is 4.79 Å². The van der Waals surface area contributed by atoms with Crippen molar-refractivity contribution >= 4 is 5.97 Å². The van der Waals surface area contributed by atoms with Gasteiger partial charge in [0.25, 0.3) is 0 Å². The molecule has 0 N–H and O–H groups in total. The van der Waals surface area contributed by atoms with Crippen molar-refractivity contribution in [3.63, 3.8) is 0 Å². The Labute approximate surface area is 138 Å². The molecule has 3 heteroatoms. The molecule has 1 unspecified atom stereocenters. The Balaban J connectivity index is 2.12. The third-order valence-electron chi connectivity index (χ3n) is 3.63. The van der Waals surface area contributed by atoms with Gasteiger partial charge in [-0.15, -0.1) is 0 Å². The Kier molecular flexibility index (Phi) is 5.80. The molecule has 0 heterocycles. The van der Waals surface area contributed by atoms with E-state index in [1.807, 2.05) is 13.0 Å². The second kappa shape index (κ2) is 7.82. The van der Waals surface area contributed by atoms with Crippen molar-refractivity contribution in [1.29, 1.82) is 0 Å². The SMILES string of the molecule is COC(=O)c1cccc(OC(C)c2cccc(CC(C)C)c2)c1. The summed E-state index contributed by atoms with van der Waals surface area (Å²) in [6.07, 6.45) is 0.966. The number of benzene rings is 2. The number of rotatable bonds is 6. The van der Waals surface area contributed by atoms with Crippen LogP contribution in [0.15, 0.2) is 48.5 Å². The summed E-state index contributed by atoms with van der Waals surface area (Å²) in [7, 11) is 1.37. The van der Waals surface area contributed by atoms with Crippen LogP contribution in [0.3, 0.4) is 0 Å². The molecule has 0 fully saturated rings. The van der Waals surface area contributed by atoms with E-state index in [1.165, 1.54) is 12.7 Å². The number of methoxy groups -OCH3 is 1. The summed E-state index contributed by atoms with van der Waals surface area (Å²) in [6, 6.07) is 15.5. The first-order valence-corrected chi connectivity index (χ1v) is 7.93. The van der Waals surface area contributed by atoms with Crippen LogP contribution in [-0.2, 0) is 11.2 Å². The molecule has 0 spiro atoms. The van der Waals surface area contributed by atoms with Crippen LogP contribution in [-0.4, -0.2) is 13.1 Å². The molecule has 0 amide bonds. The van der Waals surface area contributed by atoms with E-state index in [0.29, 0.717) is 17.2 Å². The normalized spacial score (nSPS) is 12.0. The summed E-state index contributed by atoms with van der Waals surface area (Å²) >= 11 is 0. The van der Waals surface area contributed by atoms with Gasteiger partial charge in [0.05, 0.1) is 12.7 Å². The van der Waals surface area contributed by atoms with Crippen molar-refractivity contribution in [3.8, 4) is 5.75 Å². The second-order valence-corrected chi connectivity index (χ2v) is 6.12. The molecule has 0 saturated heterocycles. The van der Waals surface area contributed by atoms with Crippen molar-refractivity contribution in [2.24, 2.45) is 5.92 Å². The highest BCUT2D eigenvalue weighted by molar-refractivity contribution is 5.89. The summed E-state index contributed by atoms with van der Waals surface area (Å²) in [5, 5.41) is 0. The largest absolute Gasteiger partial charge is 0.486 e. The summed E-state index contributed by atoms with van der Waals surface area (Å²) in [6.45, 7) is 6.44. The fraction of sp³-hybridized carbons (Fsp3) is 0.350. The van der Waals surface area contributed by atoms with Crippen molar-refractivity contribution in [1.82, 2.24) is 0 Å². The van der Waals surface area contributed by atoms with Crippen LogP contribution in [0.2, 0.25) is 0 Å². The summed E-state index contributed by atoms with van der Waals surface area (Å²) < 4.78 is 10.7. The molecule has 0 aliphatic carbocycles. The van der Waals surface area contributed by atoms with Crippen molar-refractivity contribution < 1.29 is 14.3 Å². The fourth-order valence-corrected chi connectivity index (χ4v) is 2.53. The lowest BCUT2D eigenvalue weighted by Gasteiger charge is -2.17. The van der Waals surface area contributed by atoms with Crippen LogP contribution in [0.5, 0.6) is 5.75 Å². The number of hydrogen-bond donors (Lipinski definition) is 0. The Morgan fingerprint density at radius 2 is 1.78 bits per heavy atom. The van der Waals surface area contributed by atoms with Crippen LogP contribution in [0, 0.1) is 5.92 Å². The predicted molar refractivity (Wildman–Crippen MR) is 91.8 cm³/mol. The van der Waals surface area contributed by atoms with E-state index < -0.39 is 0 Å². The summed E-state index contributed by atoms with van der Waals surface area (Å²) in [5.41, 5.74) is 2.94. The first-order chi connectivity index (χ1) is 11.0. The molecular formula is C20H24O3. The van der Waals surface area contributed by atoms with E-state index in [-0.39, 0.29) is 12.1 Å². The summed E-state index contributed by atoms with van der Waals surface area (Å²) in [4.78, 5) is 11.6. The molecule has 2 aromatic carbocycles. The average Bonchev–Trinajstić information content (AvgIpc) is 2.54. The zero-order valence-electron chi connectivity index (χ0n) is 14.2. The molecule has 0 saturated carbocycles. The molecule has 0 aliphatic rings. The molecule has 3 nitrogen and oxygen atoms in total. The van der Waals surface area contributed by atoms with Gasteiger partial charge in [-0.1, -0.05) is 44.2 Å². The third kappa shape index (κ3) is 4.85. The maximum atomic E-state index is 11.6. The minimum absolute atomic E-state index is 0.0880. The minimum Gasteiger partial charge on any atom is -0.486 e. The molecule has 0 aromatic heterocycles. The first kappa shape index (κ1) is 17.1. The highest BCUT2D eigenvalue weighted by Gasteiger charge is 2.11. The van der Waals surface area contributed by atoms with Crippen LogP contribution in [0.25, 0.3) is 0 Å². The zero-order valence-corrected chi connectivity index (χ0v) is 14.2. The molecule has 1 atom stereocenters. The number of carbonyl (C=O) groups excluding carboxylic acids is 1. The van der Waals surface area contributed by atoms with Crippen LogP contribution >= 0.6 is 0 Å². The van der Waals surface area contributed by atoms with Gasteiger partial charge in [-0.2, -0.15) is 0 Å². The van der Waals surface area contributed by atoms with Gasteiger partial charge in [0.1, 0.15) is 11.9 Å². The van der Waals surface area contributed by atoms with Crippen LogP contribution < -0.4 is 4.74 Å². The van der Waals surface area contributed by atoms with Gasteiger partial charge >= 0.3 is 5.97 Å². The molecule has 0 bridgehead atoms. The van der Waals surface area contributed by atoms with E-state index >= 15 is 0 Å². The maximum absolute atomic E-state index is 11.6. The Bertz CT molecular complexity index is 661. The fourth-order valence-electron chi connectivity index (χ4n) is 2.53. The van der Waals surface area contributed by atoms with E-state index in [1.54, 1.807) is 18.2 Å². The monoisotopic (exact) mass is 312 g/mol. The topological polar surface area (TPSA) is 35.5 Å². The highest BCUT2D eigenvalue weighted by Crippen LogP contribution is 2.24. The van der Waals surface area contributed by atoms with Crippen molar-refractivity contribution in [2.75, 3.05) is 7.11 Å². The predicted octanol–water partition coefficient (Wildman–Crippen LogP) is 4.81. The highest BCUT2D eigenvalue weighted by atomic mass is 16.5. The van der Waals surface area contributed by atoms with Gasteiger partial charge in [0.15, 0.2) is 0 Å². The van der Waals surface area contributed by atoms with Gasteiger partial charge < -0.3 is 9.47 Å². The number of hydrogen-bond acceptors (Lipinski definition) is 3. The lowest BCUT2D eigenvalue weighted by Crippen LogP contribution is -2.06. The molecule has 0 radical (unpaired) electrons. The minimum atomic E-state index is -0.359. The van der Waals surface area contributed by atoms with Crippen molar-refractivity contribution in [3.05, 3.63) is 65.2 Å². The van der Waals surface area contributed by atoms with E-state index in [2.05, 4.69) is 38.1 Å². The molecule has 0 aliphatic heterocycles. The van der Waals surface area contributed by atoms with Crippen LogP contribution in [0.4, 0.5) is 0 Å². The lowest BCUT2D eigenvalue weighted by molar-refractivity contribution is 0.0600. The maximum Gasteiger partial charge on any atom is 0.337 e. The third-order valence-corrected chi connectivity index (χ3v) is 3.63. The average molecular weight is 312 g/mol. The van der Waals surface area contributed by atoms with E-state index in [4.69, 9.17) is 9.47 Å². The van der Waals surface area contributed by atoms with Gasteiger partial charge in [0.2, 0.25) is 0 Å². The van der Waals surface area contributed by atoms with Crippen molar-refractivity contribution in [2.45, 2.75) is 33.3 Å². The van der Waals surface area contributed by atoms with Gasteiger partial charge in [-0.3, -0.25) is 0 Å². The van der Waals surface area contributed by atoms with Gasteiger partial charge in [0, 0.05) is 0 Å². The van der Waals surface area contributed by atoms with Gasteiger partial charge in [-0.25, -0.2) is 4.79 Å². The van der Waals surface area contributed by atoms with Crippen LogP contribution in [0.1, 0.15) is 48.4 Å². The Morgan fingerprint density at radius 3 is 2.48 bits per heavy atom. The zero-order chi connectivity index (χ0) is 16.8. The smallest absolute Gasteiger partial charge is 0.337 e. The molecule has 2 aromatic rings. The molecule has 2 rings (SSSR count). The lowest BCUT2D eigenvalue weighted by atomic mass is 9.99. The summed E-state index contributed by atoms with van der Waals surface area (Å²) in [5.74, 6) is 0.926. The molecule has 122 valence electrons. The first-order valence-electron chi connectivity index (χ1n) is 7.93. The molecule has 23 heavy (non-hydrogen) atoms. The Morgan fingerprint density at radius 1 is 1.04 bits per heavy atom.